The summed E-state index contributed by atoms with van der Waals surface area (Å²) < 4.78 is 0. The predicted molar refractivity (Wildman–Crippen MR) is 61.1 cm³/mol. The summed E-state index contributed by atoms with van der Waals surface area (Å²) in [6, 6.07) is 0. The zero-order chi connectivity index (χ0) is 11.7. The van der Waals surface area contributed by atoms with E-state index in [1.165, 1.54) is 0 Å². The van der Waals surface area contributed by atoms with Gasteiger partial charge < -0.3 is 10.2 Å². The molecule has 0 bridgehead atoms. The number of Topliss-reactive ketones (excluding diaryl/α,β-unsaturated/α-hetero) is 1. The predicted octanol–water partition coefficient (Wildman–Crippen LogP) is 1.88. The van der Waals surface area contributed by atoms with E-state index >= 15 is 0 Å². The highest BCUT2D eigenvalue weighted by Crippen LogP contribution is 2.14. The summed E-state index contributed by atoms with van der Waals surface area (Å²) in [4.78, 5) is 11.3. The number of hydrogen-bond donors (Lipinski definition) is 2. The number of ketones is 1. The highest BCUT2D eigenvalue weighted by molar-refractivity contribution is 6.21. The molecule has 0 rings (SSSR count). The van der Waals surface area contributed by atoms with Crippen LogP contribution in [0.5, 0.6) is 0 Å². The Morgan fingerprint density at radius 1 is 1.40 bits per heavy atom. The van der Waals surface area contributed by atoms with Gasteiger partial charge in [0.25, 0.3) is 0 Å². The van der Waals surface area contributed by atoms with Gasteiger partial charge in [-0.1, -0.05) is 13.3 Å². The summed E-state index contributed by atoms with van der Waals surface area (Å²) in [7, 11) is 0. The summed E-state index contributed by atoms with van der Waals surface area (Å²) in [5.41, 5.74) is 0. The van der Waals surface area contributed by atoms with Crippen molar-refractivity contribution < 1.29 is 15.0 Å². The fourth-order valence-electron chi connectivity index (χ4n) is 1.37. The highest BCUT2D eigenvalue weighted by atomic mass is 35.5. The number of halogens is 1. The maximum Gasteiger partial charge on any atom is 0.135 e. The van der Waals surface area contributed by atoms with Crippen LogP contribution >= 0.6 is 11.6 Å². The van der Waals surface area contributed by atoms with Crippen molar-refractivity contribution >= 4 is 17.4 Å². The second-order valence-corrected chi connectivity index (χ2v) is 4.36. The Kier molecular flexibility index (Phi) is 9.06. The van der Waals surface area contributed by atoms with Crippen molar-refractivity contribution in [1.82, 2.24) is 0 Å². The van der Waals surface area contributed by atoms with Gasteiger partial charge >= 0.3 is 0 Å². The second-order valence-electron chi connectivity index (χ2n) is 3.80. The van der Waals surface area contributed by atoms with Crippen LogP contribution in [0.3, 0.4) is 0 Å². The van der Waals surface area contributed by atoms with Crippen LogP contribution in [-0.2, 0) is 4.79 Å². The lowest BCUT2D eigenvalue weighted by Crippen LogP contribution is -2.24. The molecule has 0 fully saturated rings. The Labute approximate surface area is 96.4 Å². The number of hydrogen-bond acceptors (Lipinski definition) is 3. The van der Waals surface area contributed by atoms with Crippen LogP contribution in [0.4, 0.5) is 0 Å². The number of alkyl halides is 1. The minimum absolute atomic E-state index is 0.0257. The lowest BCUT2D eigenvalue weighted by Gasteiger charge is -2.15. The minimum Gasteiger partial charge on any atom is -0.396 e. The van der Waals surface area contributed by atoms with Crippen LogP contribution in [0.25, 0.3) is 0 Å². The number of unbranched alkanes of at least 4 members (excludes halogenated alkanes) is 1. The van der Waals surface area contributed by atoms with Crippen molar-refractivity contribution in [1.29, 1.82) is 0 Å². The van der Waals surface area contributed by atoms with Gasteiger partial charge in [-0.05, 0) is 19.3 Å². The molecule has 15 heavy (non-hydrogen) atoms. The van der Waals surface area contributed by atoms with Crippen molar-refractivity contribution in [3.63, 3.8) is 0 Å². The molecule has 0 aromatic rings. The molecule has 0 saturated heterocycles. The van der Waals surface area contributed by atoms with Crippen LogP contribution in [-0.4, -0.2) is 34.1 Å². The van der Waals surface area contributed by atoms with Gasteiger partial charge in [0.15, 0.2) is 0 Å². The molecule has 0 aromatic heterocycles. The fourth-order valence-corrected chi connectivity index (χ4v) is 1.67. The van der Waals surface area contributed by atoms with Gasteiger partial charge in [0.1, 0.15) is 5.78 Å². The molecule has 0 aliphatic heterocycles. The molecule has 0 amide bonds. The molecule has 4 heteroatoms. The van der Waals surface area contributed by atoms with E-state index in [1.807, 2.05) is 6.92 Å². The van der Waals surface area contributed by atoms with Crippen molar-refractivity contribution in [2.24, 2.45) is 0 Å². The Morgan fingerprint density at radius 2 is 2.07 bits per heavy atom. The third-order valence-corrected chi connectivity index (χ3v) is 2.79. The molecular weight excluding hydrogens is 216 g/mol. The average molecular weight is 237 g/mol. The van der Waals surface area contributed by atoms with Gasteiger partial charge in [-0.25, -0.2) is 0 Å². The van der Waals surface area contributed by atoms with E-state index in [4.69, 9.17) is 16.7 Å². The summed E-state index contributed by atoms with van der Waals surface area (Å²) in [5, 5.41) is 17.8. The molecule has 2 N–H and O–H groups in total. The number of aliphatic hydroxyl groups excluding tert-OH is 2. The maximum absolute atomic E-state index is 11.3. The summed E-state index contributed by atoms with van der Waals surface area (Å²) in [5.74, 6) is 0.0257. The van der Waals surface area contributed by atoms with Gasteiger partial charge in [0, 0.05) is 19.4 Å². The largest absolute Gasteiger partial charge is 0.396 e. The Hall–Kier alpha value is -0.120. The first-order valence-electron chi connectivity index (χ1n) is 5.56. The van der Waals surface area contributed by atoms with E-state index in [1.54, 1.807) is 0 Å². The molecule has 0 aliphatic carbocycles. The van der Waals surface area contributed by atoms with Gasteiger partial charge in [-0.15, -0.1) is 11.6 Å². The van der Waals surface area contributed by atoms with Crippen LogP contribution < -0.4 is 0 Å². The van der Waals surface area contributed by atoms with Gasteiger partial charge in [-0.2, -0.15) is 0 Å². The normalized spacial score (nSPS) is 14.9. The van der Waals surface area contributed by atoms with Crippen LogP contribution in [0.2, 0.25) is 0 Å². The highest BCUT2D eigenvalue weighted by Gasteiger charge is 2.18. The molecule has 3 nitrogen and oxygen atoms in total. The summed E-state index contributed by atoms with van der Waals surface area (Å²) >= 11 is 5.89. The summed E-state index contributed by atoms with van der Waals surface area (Å²) in [6.07, 6.45) is 2.79. The zero-order valence-electron chi connectivity index (χ0n) is 9.29. The second kappa shape index (κ2) is 9.13. The van der Waals surface area contributed by atoms with Crippen molar-refractivity contribution in [3.8, 4) is 0 Å². The van der Waals surface area contributed by atoms with E-state index in [-0.39, 0.29) is 24.2 Å². The van der Waals surface area contributed by atoms with Crippen LogP contribution in [0.15, 0.2) is 0 Å². The third-order valence-electron chi connectivity index (χ3n) is 2.28. The average Bonchev–Trinajstić information content (AvgIpc) is 2.18. The third kappa shape index (κ3) is 7.77. The van der Waals surface area contributed by atoms with Crippen molar-refractivity contribution in [3.05, 3.63) is 0 Å². The minimum atomic E-state index is -0.728. The molecule has 0 aliphatic rings. The molecule has 0 heterocycles. The molecule has 0 aromatic carbocycles. The lowest BCUT2D eigenvalue weighted by atomic mass is 10.0. The Balaban J connectivity index is 3.65. The molecule has 0 spiro atoms. The first kappa shape index (κ1) is 14.9. The summed E-state index contributed by atoms with van der Waals surface area (Å²) in [6.45, 7) is 2.11. The fraction of sp³-hybridized carbons (Fsp3) is 0.909. The molecule has 0 radical (unpaired) electrons. The molecule has 0 unspecified atom stereocenters. The quantitative estimate of drug-likeness (QED) is 0.475. The SMILES string of the molecule is CCC[C@@H](Cl)[C@@H](O)CC(=O)CCCCO. The molecule has 2 atom stereocenters. The first-order valence-corrected chi connectivity index (χ1v) is 6.00. The van der Waals surface area contributed by atoms with Gasteiger partial charge in [0.2, 0.25) is 0 Å². The number of carbonyl (C=O) groups is 1. The monoisotopic (exact) mass is 236 g/mol. The maximum atomic E-state index is 11.3. The molecular formula is C11H21ClO3. The smallest absolute Gasteiger partial charge is 0.135 e. The molecule has 0 saturated carbocycles. The molecule has 90 valence electrons. The lowest BCUT2D eigenvalue weighted by molar-refractivity contribution is -0.121. The number of aliphatic hydroxyl groups is 2. The van der Waals surface area contributed by atoms with E-state index in [0.717, 1.165) is 12.8 Å². The Bertz CT molecular complexity index is 173. The van der Waals surface area contributed by atoms with Crippen molar-refractivity contribution in [2.75, 3.05) is 6.61 Å². The van der Waals surface area contributed by atoms with E-state index in [0.29, 0.717) is 19.3 Å². The Morgan fingerprint density at radius 3 is 2.60 bits per heavy atom. The van der Waals surface area contributed by atoms with E-state index in [9.17, 15) is 9.90 Å². The van der Waals surface area contributed by atoms with Crippen LogP contribution in [0.1, 0.15) is 45.4 Å². The van der Waals surface area contributed by atoms with Crippen LogP contribution in [0, 0.1) is 0 Å². The first-order chi connectivity index (χ1) is 7.11. The van der Waals surface area contributed by atoms with E-state index in [2.05, 4.69) is 0 Å². The number of carbonyl (C=O) groups excluding carboxylic acids is 1. The van der Waals surface area contributed by atoms with Gasteiger partial charge in [0.05, 0.1) is 11.5 Å². The topological polar surface area (TPSA) is 57.5 Å². The standard InChI is InChI=1S/C11H21ClO3/c1-2-5-10(12)11(15)8-9(14)6-3-4-7-13/h10-11,13,15H,2-8H2,1H3/t10-,11+/m1/s1. The van der Waals surface area contributed by atoms with Gasteiger partial charge in [-0.3, -0.25) is 4.79 Å². The van der Waals surface area contributed by atoms with Crippen molar-refractivity contribution in [2.45, 2.75) is 56.9 Å². The number of rotatable bonds is 9. The zero-order valence-corrected chi connectivity index (χ0v) is 10.0. The van der Waals surface area contributed by atoms with E-state index < -0.39 is 6.10 Å².